The molecule has 0 saturated heterocycles. The summed E-state index contributed by atoms with van der Waals surface area (Å²) in [6, 6.07) is 13.6. The smallest absolute Gasteiger partial charge is 0.148 e. The average molecular weight is 290 g/mol. The number of carbonyl (C=O) groups excluding carboxylic acids is 1. The van der Waals surface area contributed by atoms with E-state index in [0.29, 0.717) is 5.57 Å². The van der Waals surface area contributed by atoms with Crippen LogP contribution in [0.5, 0.6) is 5.75 Å². The summed E-state index contributed by atoms with van der Waals surface area (Å²) in [5, 5.41) is 5.59. The SMILES string of the molecule is COc1cccc([C@@H]2C(C=O)=Cc3cccc4cnn2c34)c1. The van der Waals surface area contributed by atoms with Crippen molar-refractivity contribution in [2.75, 3.05) is 7.11 Å². The van der Waals surface area contributed by atoms with Crippen LogP contribution in [-0.4, -0.2) is 23.2 Å². The summed E-state index contributed by atoms with van der Waals surface area (Å²) >= 11 is 0. The predicted molar refractivity (Wildman–Crippen MR) is 84.9 cm³/mol. The molecule has 4 nitrogen and oxygen atoms in total. The molecule has 22 heavy (non-hydrogen) atoms. The summed E-state index contributed by atoms with van der Waals surface area (Å²) in [7, 11) is 1.64. The van der Waals surface area contributed by atoms with E-state index in [-0.39, 0.29) is 6.04 Å². The van der Waals surface area contributed by atoms with Crippen molar-refractivity contribution >= 4 is 23.3 Å². The first-order chi connectivity index (χ1) is 10.8. The van der Waals surface area contributed by atoms with Crippen LogP contribution in [-0.2, 0) is 4.79 Å². The molecule has 0 bridgehead atoms. The summed E-state index contributed by atoms with van der Waals surface area (Å²) in [4.78, 5) is 11.6. The Kier molecular flexibility index (Phi) is 2.82. The summed E-state index contributed by atoms with van der Waals surface area (Å²) in [5.41, 5.74) is 3.76. The summed E-state index contributed by atoms with van der Waals surface area (Å²) < 4.78 is 7.22. The van der Waals surface area contributed by atoms with Gasteiger partial charge in [-0.05, 0) is 23.8 Å². The van der Waals surface area contributed by atoms with Crippen molar-refractivity contribution in [3.05, 3.63) is 65.4 Å². The number of carbonyl (C=O) groups is 1. The lowest BCUT2D eigenvalue weighted by Crippen LogP contribution is -2.18. The average Bonchev–Trinajstić information content (AvgIpc) is 3.00. The van der Waals surface area contributed by atoms with Gasteiger partial charge < -0.3 is 4.74 Å². The standard InChI is InChI=1S/C18H14N2O2/c1-22-16-7-3-5-13(9-16)18-15(11-21)8-12-4-2-6-14-10-19-20(18)17(12)14/h2-11,18H,1H3/t18-/m1/s1. The summed E-state index contributed by atoms with van der Waals surface area (Å²) in [5.74, 6) is 0.769. The predicted octanol–water partition coefficient (Wildman–Crippen LogP) is 3.23. The Morgan fingerprint density at radius 3 is 2.91 bits per heavy atom. The summed E-state index contributed by atoms with van der Waals surface area (Å²) in [6.45, 7) is 0. The Balaban J connectivity index is 1.98. The minimum absolute atomic E-state index is 0.222. The fourth-order valence-electron chi connectivity index (χ4n) is 3.09. The van der Waals surface area contributed by atoms with E-state index in [1.807, 2.05) is 59.4 Å². The van der Waals surface area contributed by atoms with E-state index in [1.165, 1.54) is 0 Å². The molecule has 1 aromatic heterocycles. The van der Waals surface area contributed by atoms with Gasteiger partial charge in [-0.25, -0.2) is 0 Å². The normalized spacial score (nSPS) is 16.4. The van der Waals surface area contributed by atoms with Crippen LogP contribution in [0.3, 0.4) is 0 Å². The van der Waals surface area contributed by atoms with E-state index in [1.54, 1.807) is 7.11 Å². The third-order valence-electron chi connectivity index (χ3n) is 4.08. The molecule has 0 radical (unpaired) electrons. The van der Waals surface area contributed by atoms with Crippen molar-refractivity contribution in [2.45, 2.75) is 6.04 Å². The van der Waals surface area contributed by atoms with Gasteiger partial charge >= 0.3 is 0 Å². The molecule has 0 fully saturated rings. The van der Waals surface area contributed by atoms with E-state index in [4.69, 9.17) is 4.74 Å². The Labute approximate surface area is 127 Å². The molecule has 3 aromatic rings. The number of rotatable bonds is 3. The maximum atomic E-state index is 11.6. The van der Waals surface area contributed by atoms with Gasteiger partial charge in [0.15, 0.2) is 0 Å². The molecule has 1 aliphatic rings. The van der Waals surface area contributed by atoms with E-state index in [0.717, 1.165) is 34.1 Å². The molecule has 0 unspecified atom stereocenters. The third-order valence-corrected chi connectivity index (χ3v) is 4.08. The van der Waals surface area contributed by atoms with Crippen LogP contribution in [0.1, 0.15) is 17.2 Å². The van der Waals surface area contributed by atoms with Gasteiger partial charge in [0.1, 0.15) is 18.1 Å². The fourth-order valence-corrected chi connectivity index (χ4v) is 3.09. The molecule has 1 aliphatic heterocycles. The highest BCUT2D eigenvalue weighted by Crippen LogP contribution is 2.36. The minimum Gasteiger partial charge on any atom is -0.497 e. The summed E-state index contributed by atoms with van der Waals surface area (Å²) in [6.07, 6.45) is 4.70. The minimum atomic E-state index is -0.222. The zero-order chi connectivity index (χ0) is 15.1. The molecule has 1 atom stereocenters. The second-order valence-corrected chi connectivity index (χ2v) is 5.32. The number of nitrogens with zero attached hydrogens (tertiary/aromatic N) is 2. The van der Waals surface area contributed by atoms with Gasteiger partial charge in [-0.2, -0.15) is 5.10 Å². The topological polar surface area (TPSA) is 44.1 Å². The van der Waals surface area contributed by atoms with Crippen molar-refractivity contribution in [3.63, 3.8) is 0 Å². The zero-order valence-electron chi connectivity index (χ0n) is 12.1. The highest BCUT2D eigenvalue weighted by molar-refractivity contribution is 5.95. The van der Waals surface area contributed by atoms with E-state index in [9.17, 15) is 4.79 Å². The lowest BCUT2D eigenvalue weighted by Gasteiger charge is -2.24. The second kappa shape index (κ2) is 4.84. The van der Waals surface area contributed by atoms with Crippen LogP contribution in [0.4, 0.5) is 0 Å². The Morgan fingerprint density at radius 1 is 1.23 bits per heavy atom. The molecule has 108 valence electrons. The number of methoxy groups -OCH3 is 1. The maximum absolute atomic E-state index is 11.6. The number of allylic oxidation sites excluding steroid dienone is 1. The number of para-hydroxylation sites is 1. The highest BCUT2D eigenvalue weighted by Gasteiger charge is 2.26. The van der Waals surface area contributed by atoms with Gasteiger partial charge in [0, 0.05) is 16.5 Å². The van der Waals surface area contributed by atoms with Gasteiger partial charge in [0.05, 0.1) is 18.8 Å². The van der Waals surface area contributed by atoms with Crippen LogP contribution in [0.25, 0.3) is 17.0 Å². The molecule has 0 N–H and O–H groups in total. The second-order valence-electron chi connectivity index (χ2n) is 5.32. The third kappa shape index (κ3) is 1.77. The van der Waals surface area contributed by atoms with Crippen LogP contribution < -0.4 is 4.74 Å². The maximum Gasteiger partial charge on any atom is 0.148 e. The van der Waals surface area contributed by atoms with Gasteiger partial charge in [-0.15, -0.1) is 0 Å². The van der Waals surface area contributed by atoms with Crippen molar-refractivity contribution in [2.24, 2.45) is 0 Å². The first-order valence-corrected chi connectivity index (χ1v) is 7.09. The fraction of sp³-hybridized carbons (Fsp3) is 0.111. The number of benzene rings is 2. The van der Waals surface area contributed by atoms with Gasteiger partial charge in [-0.1, -0.05) is 30.3 Å². The highest BCUT2D eigenvalue weighted by atomic mass is 16.5. The number of aldehydes is 1. The van der Waals surface area contributed by atoms with Crippen LogP contribution in [0, 0.1) is 0 Å². The Bertz CT molecular complexity index is 908. The Morgan fingerprint density at radius 2 is 2.09 bits per heavy atom. The van der Waals surface area contributed by atoms with Gasteiger partial charge in [0.2, 0.25) is 0 Å². The van der Waals surface area contributed by atoms with E-state index < -0.39 is 0 Å². The number of hydrogen-bond donors (Lipinski definition) is 0. The van der Waals surface area contributed by atoms with Gasteiger partial charge in [-0.3, -0.25) is 9.48 Å². The molecular weight excluding hydrogens is 276 g/mol. The lowest BCUT2D eigenvalue weighted by molar-refractivity contribution is -0.105. The molecule has 0 saturated carbocycles. The van der Waals surface area contributed by atoms with E-state index in [2.05, 4.69) is 5.10 Å². The molecule has 0 amide bonds. The zero-order valence-corrected chi connectivity index (χ0v) is 12.1. The molecule has 2 heterocycles. The van der Waals surface area contributed by atoms with E-state index >= 15 is 0 Å². The van der Waals surface area contributed by atoms with Crippen molar-refractivity contribution in [3.8, 4) is 5.75 Å². The number of ether oxygens (including phenoxy) is 1. The van der Waals surface area contributed by atoms with Crippen LogP contribution in [0.2, 0.25) is 0 Å². The quantitative estimate of drug-likeness (QED) is 0.696. The molecule has 2 aromatic carbocycles. The number of hydrogen-bond acceptors (Lipinski definition) is 3. The Hall–Kier alpha value is -2.88. The molecular formula is C18H14N2O2. The largest absolute Gasteiger partial charge is 0.497 e. The van der Waals surface area contributed by atoms with Crippen LogP contribution >= 0.6 is 0 Å². The van der Waals surface area contributed by atoms with Crippen LogP contribution in [0.15, 0.2) is 54.2 Å². The molecule has 4 heteroatoms. The monoisotopic (exact) mass is 290 g/mol. The van der Waals surface area contributed by atoms with Crippen molar-refractivity contribution in [1.82, 2.24) is 9.78 Å². The molecule has 0 spiro atoms. The van der Waals surface area contributed by atoms with Crippen molar-refractivity contribution in [1.29, 1.82) is 0 Å². The first kappa shape index (κ1) is 12.8. The lowest BCUT2D eigenvalue weighted by atomic mass is 9.93. The number of aromatic nitrogens is 2. The molecule has 0 aliphatic carbocycles. The van der Waals surface area contributed by atoms with Gasteiger partial charge in [0.25, 0.3) is 0 Å². The van der Waals surface area contributed by atoms with Crippen molar-refractivity contribution < 1.29 is 9.53 Å². The first-order valence-electron chi connectivity index (χ1n) is 7.09. The molecule has 4 rings (SSSR count).